The Labute approximate surface area is 176 Å². The number of aromatic nitrogens is 5. The quantitative estimate of drug-likeness (QED) is 0.415. The molecule has 0 fully saturated rings. The topological polar surface area (TPSA) is 82.7 Å². The van der Waals surface area contributed by atoms with E-state index in [0.717, 1.165) is 16.7 Å². The first-order valence-electron chi connectivity index (χ1n) is 8.97. The maximum Gasteiger partial charge on any atom is 0.418 e. The van der Waals surface area contributed by atoms with Crippen LogP contribution in [-0.4, -0.2) is 38.5 Å². The van der Waals surface area contributed by atoms with Crippen molar-refractivity contribution >= 4 is 31.9 Å². The van der Waals surface area contributed by atoms with Gasteiger partial charge in [0.05, 0.1) is 16.9 Å². The van der Waals surface area contributed by atoms with E-state index >= 15 is 0 Å². The third-order valence-corrected chi connectivity index (χ3v) is 6.58. The predicted molar refractivity (Wildman–Crippen MR) is 101 cm³/mol. The molecule has 0 N–H and O–H groups in total. The predicted octanol–water partition coefficient (Wildman–Crippen LogP) is 4.14. The second-order valence-electron chi connectivity index (χ2n) is 6.86. The molecule has 1 aromatic carbocycles. The van der Waals surface area contributed by atoms with E-state index in [-0.39, 0.29) is 22.5 Å². The van der Waals surface area contributed by atoms with Gasteiger partial charge in [0.25, 0.3) is 0 Å². The molecule has 0 aliphatic carbocycles. The van der Waals surface area contributed by atoms with E-state index in [1.807, 2.05) is 0 Å². The lowest BCUT2D eigenvalue weighted by molar-refractivity contribution is -0.138. The lowest BCUT2D eigenvalue weighted by Crippen LogP contribution is -2.14. The van der Waals surface area contributed by atoms with Crippen LogP contribution in [-0.2, 0) is 29.2 Å². The van der Waals surface area contributed by atoms with Crippen LogP contribution in [0.2, 0.25) is 0 Å². The van der Waals surface area contributed by atoms with E-state index in [4.69, 9.17) is 0 Å². The van der Waals surface area contributed by atoms with Gasteiger partial charge >= 0.3 is 12.4 Å². The summed E-state index contributed by atoms with van der Waals surface area (Å²) in [6.45, 7) is 1.30. The van der Waals surface area contributed by atoms with Crippen LogP contribution < -0.4 is 0 Å². The summed E-state index contributed by atoms with van der Waals surface area (Å²) < 4.78 is 107. The Morgan fingerprint density at radius 1 is 1.06 bits per heavy atom. The summed E-state index contributed by atoms with van der Waals surface area (Å²) in [4.78, 5) is 7.73. The smallest absolute Gasteiger partial charge is 0.296 e. The fourth-order valence-corrected chi connectivity index (χ4v) is 4.45. The Balaban J connectivity index is 2.10. The number of pyridine rings is 1. The maximum absolute atomic E-state index is 13.5. The van der Waals surface area contributed by atoms with Gasteiger partial charge in [-0.3, -0.25) is 4.57 Å². The van der Waals surface area contributed by atoms with Crippen LogP contribution in [0, 0.1) is 0 Å². The zero-order valence-electron chi connectivity index (χ0n) is 16.3. The minimum absolute atomic E-state index is 0.0385. The van der Waals surface area contributed by atoms with Gasteiger partial charge in [0.15, 0.2) is 20.5 Å². The molecule has 170 valence electrons. The molecule has 4 rings (SSSR count). The molecule has 0 amide bonds. The highest BCUT2D eigenvalue weighted by Crippen LogP contribution is 2.37. The number of rotatable bonds is 3. The van der Waals surface area contributed by atoms with Crippen molar-refractivity contribution in [2.75, 3.05) is 5.75 Å². The van der Waals surface area contributed by atoms with Gasteiger partial charge < -0.3 is 0 Å². The summed E-state index contributed by atoms with van der Waals surface area (Å²) >= 11 is 0. The van der Waals surface area contributed by atoms with Crippen molar-refractivity contribution in [1.29, 1.82) is 0 Å². The summed E-state index contributed by atoms with van der Waals surface area (Å²) in [6.07, 6.45) is -8.93. The van der Waals surface area contributed by atoms with Crippen molar-refractivity contribution in [2.45, 2.75) is 24.3 Å². The lowest BCUT2D eigenvalue weighted by atomic mass is 10.1. The normalized spacial score (nSPS) is 13.4. The number of sulfone groups is 1. The molecule has 0 saturated carbocycles. The molecule has 0 atom stereocenters. The van der Waals surface area contributed by atoms with Crippen LogP contribution >= 0.6 is 0 Å². The van der Waals surface area contributed by atoms with Gasteiger partial charge in [-0.05, 0) is 18.2 Å². The van der Waals surface area contributed by atoms with Crippen LogP contribution in [0.5, 0.6) is 0 Å². The maximum atomic E-state index is 13.5. The number of hydrogen-bond donors (Lipinski definition) is 0. The Bertz CT molecular complexity index is 1470. The fourth-order valence-electron chi connectivity index (χ4n) is 3.29. The number of fused-ring (bicyclic) bond motifs is 2. The molecule has 3 heterocycles. The molecule has 0 spiro atoms. The molecule has 0 aliphatic rings. The standard InChI is InChI=1S/C18H13F6N5O2S/c1-3-32(30,31)15-10-5-4-6-11(18(22,23)24)13(10)27-29(15)16-26-12-7-9(17(19,20)21)8-25-14(12)28(16)2/h4-8H,3H2,1-2H3. The molecule has 32 heavy (non-hydrogen) atoms. The van der Waals surface area contributed by atoms with E-state index in [2.05, 4.69) is 15.1 Å². The van der Waals surface area contributed by atoms with Gasteiger partial charge in [-0.25, -0.2) is 18.4 Å². The molecule has 4 aromatic rings. The molecule has 14 heteroatoms. The molecule has 0 aliphatic heterocycles. The molecule has 3 aromatic heterocycles. The highest BCUT2D eigenvalue weighted by molar-refractivity contribution is 7.91. The van der Waals surface area contributed by atoms with Crippen molar-refractivity contribution < 1.29 is 34.8 Å². The number of aryl methyl sites for hydroxylation is 1. The number of hydrogen-bond acceptors (Lipinski definition) is 5. The van der Waals surface area contributed by atoms with Gasteiger partial charge in [0.1, 0.15) is 11.0 Å². The Hall–Kier alpha value is -3.16. The first-order chi connectivity index (χ1) is 14.8. The second-order valence-corrected chi connectivity index (χ2v) is 9.05. The molecule has 0 bridgehead atoms. The van der Waals surface area contributed by atoms with Crippen LogP contribution in [0.4, 0.5) is 26.3 Å². The number of nitrogens with zero attached hydrogens (tertiary/aromatic N) is 5. The molecule has 0 unspecified atom stereocenters. The molecule has 7 nitrogen and oxygen atoms in total. The summed E-state index contributed by atoms with van der Waals surface area (Å²) in [5.41, 5.74) is -3.13. The Kier molecular flexibility index (Phi) is 4.77. The SMILES string of the molecule is CCS(=O)(=O)c1c2cccc(C(F)(F)F)c2nn1-c1nc2cc(C(F)(F)F)cnc2n1C. The van der Waals surface area contributed by atoms with E-state index < -0.39 is 49.6 Å². The lowest BCUT2D eigenvalue weighted by Gasteiger charge is -2.07. The molecule has 0 saturated heterocycles. The van der Waals surface area contributed by atoms with Gasteiger partial charge in [0.2, 0.25) is 5.95 Å². The van der Waals surface area contributed by atoms with Gasteiger partial charge in [-0.1, -0.05) is 13.0 Å². The summed E-state index contributed by atoms with van der Waals surface area (Å²) in [5, 5.41) is 3.05. The summed E-state index contributed by atoms with van der Waals surface area (Å²) in [5.74, 6) is -0.757. The first-order valence-corrected chi connectivity index (χ1v) is 10.6. The highest BCUT2D eigenvalue weighted by atomic mass is 32.2. The zero-order chi connectivity index (χ0) is 23.6. The van der Waals surface area contributed by atoms with E-state index in [1.54, 1.807) is 0 Å². The third-order valence-electron chi connectivity index (χ3n) is 4.84. The number of benzene rings is 1. The van der Waals surface area contributed by atoms with Gasteiger partial charge in [-0.2, -0.15) is 36.1 Å². The summed E-state index contributed by atoms with van der Waals surface area (Å²) in [7, 11) is -2.79. The van der Waals surface area contributed by atoms with Crippen molar-refractivity contribution in [3.8, 4) is 5.95 Å². The monoisotopic (exact) mass is 477 g/mol. The van der Waals surface area contributed by atoms with E-state index in [1.165, 1.54) is 20.0 Å². The number of halogens is 6. The number of alkyl halides is 6. The fraction of sp³-hybridized carbons (Fsp3) is 0.278. The number of imidazole rings is 1. The van der Waals surface area contributed by atoms with Crippen molar-refractivity contribution in [1.82, 2.24) is 24.3 Å². The minimum Gasteiger partial charge on any atom is -0.296 e. The molecular formula is C18H13F6N5O2S. The van der Waals surface area contributed by atoms with Crippen molar-refractivity contribution in [3.63, 3.8) is 0 Å². The average molecular weight is 477 g/mol. The second kappa shape index (κ2) is 6.92. The minimum atomic E-state index is -4.82. The Morgan fingerprint density at radius 3 is 2.34 bits per heavy atom. The van der Waals surface area contributed by atoms with E-state index in [0.29, 0.717) is 16.9 Å². The Morgan fingerprint density at radius 2 is 1.75 bits per heavy atom. The molecule has 0 radical (unpaired) electrons. The first kappa shape index (κ1) is 22.0. The van der Waals surface area contributed by atoms with E-state index in [9.17, 15) is 34.8 Å². The van der Waals surface area contributed by atoms with Crippen LogP contribution in [0.15, 0.2) is 35.5 Å². The van der Waals surface area contributed by atoms with Crippen molar-refractivity contribution in [3.05, 3.63) is 41.6 Å². The zero-order valence-corrected chi connectivity index (χ0v) is 17.1. The van der Waals surface area contributed by atoms with Crippen molar-refractivity contribution in [2.24, 2.45) is 7.05 Å². The highest BCUT2D eigenvalue weighted by Gasteiger charge is 2.37. The van der Waals surface area contributed by atoms with Crippen LogP contribution in [0.25, 0.3) is 28.0 Å². The third kappa shape index (κ3) is 3.38. The van der Waals surface area contributed by atoms with Crippen LogP contribution in [0.3, 0.4) is 0 Å². The largest absolute Gasteiger partial charge is 0.418 e. The van der Waals surface area contributed by atoms with Gasteiger partial charge in [-0.15, -0.1) is 0 Å². The summed E-state index contributed by atoms with van der Waals surface area (Å²) in [6, 6.07) is 3.70. The van der Waals surface area contributed by atoms with Gasteiger partial charge in [0, 0.05) is 18.6 Å². The molecular weight excluding hydrogens is 464 g/mol. The average Bonchev–Trinajstić information content (AvgIpc) is 3.24. The van der Waals surface area contributed by atoms with Crippen LogP contribution in [0.1, 0.15) is 18.1 Å².